The normalized spacial score (nSPS) is 19.1. The molecule has 1 aliphatic rings. The van der Waals surface area contributed by atoms with E-state index in [-0.39, 0.29) is 6.10 Å². The first-order valence-electron chi connectivity index (χ1n) is 7.17. The molecule has 1 amide bonds. The van der Waals surface area contributed by atoms with Crippen LogP contribution in [0.4, 0.5) is 11.4 Å². The number of nitrogens with two attached hydrogens (primary N) is 2. The Hall–Kier alpha value is -1.75. The van der Waals surface area contributed by atoms with Crippen LogP contribution in [0.3, 0.4) is 0 Å². The molecular weight excluding hydrogens is 254 g/mol. The van der Waals surface area contributed by atoms with Gasteiger partial charge in [0.1, 0.15) is 0 Å². The summed E-state index contributed by atoms with van der Waals surface area (Å²) in [5, 5.41) is 0. The molecule has 0 spiro atoms. The van der Waals surface area contributed by atoms with Gasteiger partial charge in [0.25, 0.3) is 5.91 Å². The Balaban J connectivity index is 2.17. The van der Waals surface area contributed by atoms with E-state index >= 15 is 0 Å². The number of nitrogens with zero attached hydrogens (tertiary/aromatic N) is 1. The number of anilines is 2. The molecule has 1 atom stereocenters. The van der Waals surface area contributed by atoms with Gasteiger partial charge in [-0.3, -0.25) is 4.79 Å². The minimum atomic E-state index is -0.420. The number of nitrogen functional groups attached to an aromatic ring is 1. The number of hydrogen-bond acceptors (Lipinski definition) is 4. The van der Waals surface area contributed by atoms with Crippen LogP contribution in [0.5, 0.6) is 0 Å². The van der Waals surface area contributed by atoms with Crippen molar-refractivity contribution in [3.05, 3.63) is 23.8 Å². The summed E-state index contributed by atoms with van der Waals surface area (Å²) >= 11 is 0. The van der Waals surface area contributed by atoms with Gasteiger partial charge in [-0.2, -0.15) is 0 Å². The molecule has 1 aromatic rings. The molecule has 1 heterocycles. The highest BCUT2D eigenvalue weighted by Gasteiger charge is 2.23. The van der Waals surface area contributed by atoms with Crippen molar-refractivity contribution in [2.45, 2.75) is 32.3 Å². The highest BCUT2D eigenvalue weighted by molar-refractivity contribution is 5.99. The lowest BCUT2D eigenvalue weighted by Gasteiger charge is -2.35. The van der Waals surface area contributed by atoms with Crippen molar-refractivity contribution in [1.82, 2.24) is 0 Å². The summed E-state index contributed by atoms with van der Waals surface area (Å²) in [6, 6.07) is 5.23. The number of piperidine rings is 1. The lowest BCUT2D eigenvalue weighted by Crippen LogP contribution is -2.40. The van der Waals surface area contributed by atoms with Crippen LogP contribution >= 0.6 is 0 Å². The zero-order valence-electron chi connectivity index (χ0n) is 12.0. The van der Waals surface area contributed by atoms with Crippen LogP contribution in [0.2, 0.25) is 0 Å². The van der Waals surface area contributed by atoms with Gasteiger partial charge in [-0.1, -0.05) is 6.92 Å². The molecule has 1 unspecified atom stereocenters. The van der Waals surface area contributed by atoms with E-state index in [1.54, 1.807) is 12.1 Å². The second-order valence-electron chi connectivity index (χ2n) is 5.22. The molecule has 1 fully saturated rings. The Morgan fingerprint density at radius 1 is 1.50 bits per heavy atom. The molecule has 20 heavy (non-hydrogen) atoms. The predicted octanol–water partition coefficient (Wildman–Crippen LogP) is 1.76. The van der Waals surface area contributed by atoms with E-state index in [0.29, 0.717) is 11.3 Å². The fourth-order valence-corrected chi connectivity index (χ4v) is 2.60. The molecule has 0 aliphatic carbocycles. The van der Waals surface area contributed by atoms with Crippen LogP contribution in [0, 0.1) is 0 Å². The molecular formula is C15H23N3O2. The van der Waals surface area contributed by atoms with Crippen molar-refractivity contribution in [1.29, 1.82) is 0 Å². The monoisotopic (exact) mass is 277 g/mol. The van der Waals surface area contributed by atoms with Crippen molar-refractivity contribution in [2.24, 2.45) is 5.73 Å². The summed E-state index contributed by atoms with van der Waals surface area (Å²) in [6.45, 7) is 4.56. The smallest absolute Gasteiger partial charge is 0.250 e. The van der Waals surface area contributed by atoms with Crippen molar-refractivity contribution >= 4 is 17.3 Å². The first-order valence-corrected chi connectivity index (χ1v) is 7.17. The number of primary amides is 1. The lowest BCUT2D eigenvalue weighted by atomic mass is 10.0. The summed E-state index contributed by atoms with van der Waals surface area (Å²) in [5.74, 6) is -0.420. The van der Waals surface area contributed by atoms with Crippen molar-refractivity contribution in [3.8, 4) is 0 Å². The summed E-state index contributed by atoms with van der Waals surface area (Å²) < 4.78 is 5.83. The van der Waals surface area contributed by atoms with Crippen LogP contribution in [-0.4, -0.2) is 31.7 Å². The number of benzene rings is 1. The molecule has 1 saturated heterocycles. The minimum absolute atomic E-state index is 0.214. The number of ether oxygens (including phenoxy) is 1. The maximum atomic E-state index is 11.6. The molecule has 1 aromatic carbocycles. The second-order valence-corrected chi connectivity index (χ2v) is 5.22. The largest absolute Gasteiger partial charge is 0.399 e. The third-order valence-corrected chi connectivity index (χ3v) is 3.56. The molecule has 0 saturated carbocycles. The predicted molar refractivity (Wildman–Crippen MR) is 80.9 cm³/mol. The van der Waals surface area contributed by atoms with Gasteiger partial charge in [0.05, 0.1) is 17.4 Å². The Morgan fingerprint density at radius 3 is 3.00 bits per heavy atom. The van der Waals surface area contributed by atoms with Crippen LogP contribution in [0.1, 0.15) is 36.5 Å². The topological polar surface area (TPSA) is 81.6 Å². The van der Waals surface area contributed by atoms with Gasteiger partial charge in [-0.15, -0.1) is 0 Å². The quantitative estimate of drug-likeness (QED) is 0.804. The summed E-state index contributed by atoms with van der Waals surface area (Å²) in [7, 11) is 0. The summed E-state index contributed by atoms with van der Waals surface area (Å²) in [4.78, 5) is 13.7. The average Bonchev–Trinajstić information content (AvgIpc) is 2.45. The van der Waals surface area contributed by atoms with Crippen LogP contribution in [-0.2, 0) is 4.74 Å². The Kier molecular flexibility index (Phi) is 4.84. The first kappa shape index (κ1) is 14.7. The first-order chi connectivity index (χ1) is 9.61. The zero-order valence-corrected chi connectivity index (χ0v) is 12.0. The Labute approximate surface area is 119 Å². The fraction of sp³-hybridized carbons (Fsp3) is 0.533. The van der Waals surface area contributed by atoms with Crippen molar-refractivity contribution in [3.63, 3.8) is 0 Å². The van der Waals surface area contributed by atoms with Crippen molar-refractivity contribution in [2.75, 3.05) is 30.3 Å². The van der Waals surface area contributed by atoms with E-state index in [4.69, 9.17) is 16.2 Å². The Bertz CT molecular complexity index is 476. The SMILES string of the molecule is CCCOC1CCCN(c2cc(N)ccc2C(N)=O)C1. The molecule has 110 valence electrons. The summed E-state index contributed by atoms with van der Waals surface area (Å²) in [5.41, 5.74) is 13.3. The number of hydrogen-bond donors (Lipinski definition) is 2. The molecule has 1 aliphatic heterocycles. The molecule has 4 N–H and O–H groups in total. The molecule has 0 aromatic heterocycles. The van der Waals surface area contributed by atoms with Gasteiger partial charge in [0.15, 0.2) is 0 Å². The van der Waals surface area contributed by atoms with E-state index in [0.717, 1.165) is 44.6 Å². The molecule has 2 rings (SSSR count). The van der Waals surface area contributed by atoms with Gasteiger partial charge in [-0.05, 0) is 37.5 Å². The van der Waals surface area contributed by atoms with Gasteiger partial charge in [0, 0.05) is 25.4 Å². The van der Waals surface area contributed by atoms with Gasteiger partial charge < -0.3 is 21.1 Å². The molecule has 0 radical (unpaired) electrons. The number of carbonyl (C=O) groups excluding carboxylic acids is 1. The zero-order chi connectivity index (χ0) is 14.5. The van der Waals surface area contributed by atoms with E-state index in [2.05, 4.69) is 11.8 Å². The van der Waals surface area contributed by atoms with Crippen molar-refractivity contribution < 1.29 is 9.53 Å². The van der Waals surface area contributed by atoms with Gasteiger partial charge >= 0.3 is 0 Å². The highest BCUT2D eigenvalue weighted by atomic mass is 16.5. The minimum Gasteiger partial charge on any atom is -0.399 e. The van der Waals surface area contributed by atoms with E-state index in [1.807, 2.05) is 6.07 Å². The lowest BCUT2D eigenvalue weighted by molar-refractivity contribution is 0.0440. The van der Waals surface area contributed by atoms with E-state index < -0.39 is 5.91 Å². The van der Waals surface area contributed by atoms with Crippen LogP contribution < -0.4 is 16.4 Å². The maximum absolute atomic E-state index is 11.6. The third-order valence-electron chi connectivity index (χ3n) is 3.56. The fourth-order valence-electron chi connectivity index (χ4n) is 2.60. The second kappa shape index (κ2) is 6.61. The van der Waals surface area contributed by atoms with E-state index in [9.17, 15) is 4.79 Å². The highest BCUT2D eigenvalue weighted by Crippen LogP contribution is 2.27. The van der Waals surface area contributed by atoms with E-state index in [1.165, 1.54) is 0 Å². The van der Waals surface area contributed by atoms with Crippen LogP contribution in [0.25, 0.3) is 0 Å². The summed E-state index contributed by atoms with van der Waals surface area (Å²) in [6.07, 6.45) is 3.33. The standard InChI is InChI=1S/C15H23N3O2/c1-2-8-20-12-4-3-7-18(10-12)14-9-11(16)5-6-13(14)15(17)19/h5-6,9,12H,2-4,7-8,10,16H2,1H3,(H2,17,19). The number of rotatable bonds is 5. The average molecular weight is 277 g/mol. The van der Waals surface area contributed by atoms with Gasteiger partial charge in [0.2, 0.25) is 0 Å². The number of amides is 1. The molecule has 5 nitrogen and oxygen atoms in total. The number of carbonyl (C=O) groups is 1. The third kappa shape index (κ3) is 3.42. The Morgan fingerprint density at radius 2 is 2.30 bits per heavy atom. The molecule has 0 bridgehead atoms. The maximum Gasteiger partial charge on any atom is 0.250 e. The molecule has 5 heteroatoms. The van der Waals surface area contributed by atoms with Crippen LogP contribution in [0.15, 0.2) is 18.2 Å². The van der Waals surface area contributed by atoms with Gasteiger partial charge in [-0.25, -0.2) is 0 Å².